The van der Waals surface area contributed by atoms with Crippen molar-refractivity contribution in [1.29, 1.82) is 0 Å². The molecule has 1 aliphatic heterocycles. The SMILES string of the molecule is C=C/C=C\C(=C(C)C)c1ccc2cc3[nH]c4ccccc4c3cc2c1C.C[N-]/C(=C1/Sc2ccccc2C1=[N-])c1ccc(-c2ccccc2)cc1.[W+2]. The fourth-order valence-electron chi connectivity index (χ4n) is 6.81. The van der Waals surface area contributed by atoms with Crippen LogP contribution in [0.5, 0.6) is 0 Å². The van der Waals surface area contributed by atoms with Crippen LogP contribution in [0.15, 0.2) is 168 Å². The predicted molar refractivity (Wildman–Crippen MR) is 224 cm³/mol. The molecule has 5 heteroatoms. The van der Waals surface area contributed by atoms with E-state index in [1.54, 1.807) is 18.8 Å². The van der Waals surface area contributed by atoms with Crippen LogP contribution in [0.25, 0.3) is 65.7 Å². The number of thioether (sulfide) groups is 1. The number of para-hydroxylation sites is 1. The van der Waals surface area contributed by atoms with Crippen molar-refractivity contribution in [3.05, 3.63) is 196 Å². The van der Waals surface area contributed by atoms with Crippen molar-refractivity contribution in [2.75, 3.05) is 7.05 Å². The number of aromatic amines is 1. The van der Waals surface area contributed by atoms with Crippen molar-refractivity contribution in [2.45, 2.75) is 25.7 Å². The molecule has 2 heterocycles. The van der Waals surface area contributed by atoms with Crippen LogP contribution in [0.3, 0.4) is 0 Å². The molecule has 254 valence electrons. The van der Waals surface area contributed by atoms with Gasteiger partial charge in [0.15, 0.2) is 0 Å². The van der Waals surface area contributed by atoms with Gasteiger partial charge in [0.1, 0.15) is 0 Å². The number of nitrogens with one attached hydrogen (secondary N) is 1. The zero-order valence-corrected chi connectivity index (χ0v) is 33.5. The zero-order valence-electron chi connectivity index (χ0n) is 29.8. The molecule has 1 aromatic heterocycles. The Hall–Kier alpha value is -5.15. The van der Waals surface area contributed by atoms with Crippen molar-refractivity contribution >= 4 is 61.3 Å². The van der Waals surface area contributed by atoms with Gasteiger partial charge in [-0.25, -0.2) is 0 Å². The first-order chi connectivity index (χ1) is 24.9. The molecule has 0 aliphatic carbocycles. The number of rotatable bonds is 6. The van der Waals surface area contributed by atoms with Gasteiger partial charge in [-0.15, -0.1) is 18.5 Å². The van der Waals surface area contributed by atoms with E-state index in [0.717, 1.165) is 26.6 Å². The van der Waals surface area contributed by atoms with Crippen LogP contribution >= 0.6 is 11.8 Å². The van der Waals surface area contributed by atoms with E-state index in [9.17, 15) is 5.41 Å². The van der Waals surface area contributed by atoms with E-state index in [1.807, 2.05) is 54.6 Å². The third kappa shape index (κ3) is 7.15. The molecule has 52 heavy (non-hydrogen) atoms. The summed E-state index contributed by atoms with van der Waals surface area (Å²) in [6.45, 7) is 10.4. The van der Waals surface area contributed by atoms with Crippen molar-refractivity contribution in [1.82, 2.24) is 4.98 Å². The molecule has 0 spiro atoms. The summed E-state index contributed by atoms with van der Waals surface area (Å²) < 4.78 is 0. The van der Waals surface area contributed by atoms with E-state index in [1.165, 1.54) is 66.0 Å². The van der Waals surface area contributed by atoms with Gasteiger partial charge in [-0.3, -0.25) is 0 Å². The smallest absolute Gasteiger partial charge is 0.803 e. The molecule has 0 saturated carbocycles. The summed E-state index contributed by atoms with van der Waals surface area (Å²) in [5.41, 5.74) is 12.9. The quantitative estimate of drug-likeness (QED) is 0.166. The van der Waals surface area contributed by atoms with E-state index in [-0.39, 0.29) is 21.1 Å². The summed E-state index contributed by atoms with van der Waals surface area (Å²) in [5, 5.41) is 20.2. The molecule has 0 amide bonds. The van der Waals surface area contributed by atoms with Crippen LogP contribution in [0.4, 0.5) is 0 Å². The minimum absolute atomic E-state index is 0. The molecule has 0 saturated heterocycles. The molecule has 1 N–H and O–H groups in total. The Balaban J connectivity index is 0.000000175. The second kappa shape index (κ2) is 16.0. The normalized spacial score (nSPS) is 13.0. The average Bonchev–Trinajstić information content (AvgIpc) is 3.69. The van der Waals surface area contributed by atoms with Crippen LogP contribution in [-0.4, -0.2) is 17.7 Å². The third-order valence-corrected chi connectivity index (χ3v) is 10.6. The number of aryl methyl sites for hydroxylation is 1. The van der Waals surface area contributed by atoms with Gasteiger partial charge in [0.05, 0.1) is 0 Å². The number of allylic oxidation sites excluding steroid dienone is 6. The Morgan fingerprint density at radius 2 is 1.44 bits per heavy atom. The maximum Gasteiger partial charge on any atom is 2.00 e. The van der Waals surface area contributed by atoms with Gasteiger partial charge in [0.25, 0.3) is 0 Å². The van der Waals surface area contributed by atoms with Crippen molar-refractivity contribution in [3.63, 3.8) is 0 Å². The number of hydrogen-bond acceptors (Lipinski definition) is 1. The first-order valence-corrected chi connectivity index (χ1v) is 17.9. The van der Waals surface area contributed by atoms with Crippen LogP contribution in [-0.2, 0) is 21.1 Å². The van der Waals surface area contributed by atoms with Gasteiger partial charge >= 0.3 is 21.1 Å². The summed E-state index contributed by atoms with van der Waals surface area (Å²) in [5.74, 6) is 0. The first kappa shape index (κ1) is 36.6. The molecule has 0 unspecified atom stereocenters. The maximum atomic E-state index is 10.6. The number of hydrogen-bond donors (Lipinski definition) is 1. The monoisotopic (exact) mass is 861 g/mol. The van der Waals surface area contributed by atoms with E-state index in [0.29, 0.717) is 5.71 Å². The van der Waals surface area contributed by atoms with Gasteiger partial charge in [-0.05, 0) is 99.7 Å². The molecule has 0 atom stereocenters. The van der Waals surface area contributed by atoms with Crippen LogP contribution in [0.2, 0.25) is 0 Å². The van der Waals surface area contributed by atoms with Crippen molar-refractivity contribution in [2.24, 2.45) is 0 Å². The molecule has 1 aliphatic rings. The predicted octanol–water partition coefficient (Wildman–Crippen LogP) is 13.5. The van der Waals surface area contributed by atoms with E-state index >= 15 is 0 Å². The van der Waals surface area contributed by atoms with Crippen LogP contribution < -0.4 is 0 Å². The first-order valence-electron chi connectivity index (χ1n) is 17.1. The number of H-pyrrole nitrogens is 1. The Morgan fingerprint density at radius 3 is 2.15 bits per heavy atom. The van der Waals surface area contributed by atoms with E-state index in [4.69, 9.17) is 0 Å². The fraction of sp³-hybridized carbons (Fsp3) is 0.0851. The molecule has 0 fully saturated rings. The van der Waals surface area contributed by atoms with Crippen molar-refractivity contribution in [3.8, 4) is 11.1 Å². The standard InChI is InChI=1S/C25H23N.C22H16N2S.W/c1-5-6-9-19(16(2)3)20-13-12-18-14-25-23(15-22(18)17(20)4)21-10-7-8-11-24(21)26-25;1-24-21(22-20(23)18-9-5-6-10-19(18)25-22)17-13-11-16(12-14-17)15-7-3-2-4-8-15;/h5-15,26H,1H2,2-4H3;2-14H,1H3;/q;-2;+2/b9-6-;22-21+;. The third-order valence-electron chi connectivity index (χ3n) is 9.42. The minimum Gasteiger partial charge on any atom is -0.803 e. The van der Waals surface area contributed by atoms with Crippen LogP contribution in [0, 0.1) is 6.92 Å². The maximum absolute atomic E-state index is 10.6. The number of fused-ring (bicyclic) bond motifs is 5. The largest absolute Gasteiger partial charge is 2.00 e. The molecule has 6 aromatic carbocycles. The number of benzene rings is 6. The van der Waals surface area contributed by atoms with Gasteiger partial charge in [0, 0.05) is 26.7 Å². The summed E-state index contributed by atoms with van der Waals surface area (Å²) in [6, 6.07) is 44.1. The molecule has 8 rings (SSSR count). The molecular weight excluding hydrogens is 822 g/mol. The second-order valence-corrected chi connectivity index (χ2v) is 13.9. The molecule has 0 bridgehead atoms. The second-order valence-electron chi connectivity index (χ2n) is 12.8. The summed E-state index contributed by atoms with van der Waals surface area (Å²) >= 11 is 1.57. The Bertz CT molecular complexity index is 2530. The average molecular weight is 862 g/mol. The molecular formula is C47H39N3SW. The van der Waals surface area contributed by atoms with Gasteiger partial charge in [-0.1, -0.05) is 145 Å². The number of aromatic nitrogens is 1. The summed E-state index contributed by atoms with van der Waals surface area (Å²) in [4.78, 5) is 5.42. The van der Waals surface area contributed by atoms with Gasteiger partial charge in [0.2, 0.25) is 0 Å². The fourth-order valence-corrected chi connectivity index (χ4v) is 7.96. The Kier molecular flexibility index (Phi) is 11.3. The molecule has 3 nitrogen and oxygen atoms in total. The Morgan fingerprint density at radius 1 is 0.750 bits per heavy atom. The van der Waals surface area contributed by atoms with E-state index < -0.39 is 0 Å². The summed E-state index contributed by atoms with van der Waals surface area (Å²) in [7, 11) is 1.77. The molecule has 0 radical (unpaired) electrons. The Labute approximate surface area is 325 Å². The topological polar surface area (TPSA) is 52.2 Å². The zero-order chi connectivity index (χ0) is 35.5. The summed E-state index contributed by atoms with van der Waals surface area (Å²) in [6.07, 6.45) is 5.99. The number of nitrogens with zero attached hydrogens (tertiary/aromatic N) is 2. The van der Waals surface area contributed by atoms with E-state index in [2.05, 4.69) is 129 Å². The van der Waals surface area contributed by atoms with Crippen molar-refractivity contribution < 1.29 is 21.1 Å². The van der Waals surface area contributed by atoms with Gasteiger partial charge < -0.3 is 15.7 Å². The minimum atomic E-state index is 0. The van der Waals surface area contributed by atoms with Gasteiger partial charge in [-0.2, -0.15) is 0 Å². The molecule has 7 aromatic rings. The van der Waals surface area contributed by atoms with Crippen LogP contribution in [0.1, 0.15) is 36.1 Å².